The van der Waals surface area contributed by atoms with E-state index < -0.39 is 0 Å². The zero-order valence-corrected chi connectivity index (χ0v) is 12.3. The molecule has 0 aliphatic carbocycles. The Hall–Kier alpha value is -0.610. The fourth-order valence-electron chi connectivity index (χ4n) is 2.43. The quantitative estimate of drug-likeness (QED) is 0.613. The molecule has 0 bridgehead atoms. The normalized spacial score (nSPS) is 17.1. The van der Waals surface area contributed by atoms with E-state index in [1.54, 1.807) is 11.3 Å². The van der Waals surface area contributed by atoms with Crippen molar-refractivity contribution in [2.45, 2.75) is 32.6 Å². The van der Waals surface area contributed by atoms with Gasteiger partial charge in [0, 0.05) is 18.5 Å². The molecule has 1 fully saturated rings. The van der Waals surface area contributed by atoms with E-state index in [0.29, 0.717) is 5.69 Å². The second-order valence-electron chi connectivity index (χ2n) is 4.79. The van der Waals surface area contributed by atoms with Gasteiger partial charge in [0.2, 0.25) is 0 Å². The van der Waals surface area contributed by atoms with Crippen molar-refractivity contribution in [2.24, 2.45) is 5.92 Å². The summed E-state index contributed by atoms with van der Waals surface area (Å²) in [5.74, 6) is 0.803. The van der Waals surface area contributed by atoms with Crippen LogP contribution >= 0.6 is 22.9 Å². The third-order valence-electron chi connectivity index (χ3n) is 3.48. The van der Waals surface area contributed by atoms with Gasteiger partial charge in [-0.1, -0.05) is 19.8 Å². The Morgan fingerprint density at radius 2 is 2.28 bits per heavy atom. The topological polar surface area (TPSA) is 33.2 Å². The van der Waals surface area contributed by atoms with Gasteiger partial charge in [-0.2, -0.15) is 0 Å². The summed E-state index contributed by atoms with van der Waals surface area (Å²) in [7, 11) is 0. The van der Waals surface area contributed by atoms with Crippen LogP contribution in [-0.4, -0.2) is 29.7 Å². The summed E-state index contributed by atoms with van der Waals surface area (Å²) in [6.45, 7) is 4.37. The Balaban J connectivity index is 1.93. The van der Waals surface area contributed by atoms with E-state index in [0.717, 1.165) is 24.1 Å². The molecular formula is C13H19ClN2OS. The highest BCUT2D eigenvalue weighted by molar-refractivity contribution is 7.14. The smallest absolute Gasteiger partial charge is 0.196 e. The average Bonchev–Trinajstić information content (AvgIpc) is 2.89. The van der Waals surface area contributed by atoms with Crippen LogP contribution in [0.25, 0.3) is 0 Å². The van der Waals surface area contributed by atoms with E-state index in [4.69, 9.17) is 11.6 Å². The number of Topliss-reactive ketones (excluding diaryl/α,β-unsaturated/α-hetero) is 1. The van der Waals surface area contributed by atoms with Gasteiger partial charge < -0.3 is 4.90 Å². The van der Waals surface area contributed by atoms with E-state index in [2.05, 4.69) is 16.8 Å². The summed E-state index contributed by atoms with van der Waals surface area (Å²) < 4.78 is 0. The van der Waals surface area contributed by atoms with E-state index in [-0.39, 0.29) is 11.7 Å². The van der Waals surface area contributed by atoms with Gasteiger partial charge in [0.15, 0.2) is 10.9 Å². The summed E-state index contributed by atoms with van der Waals surface area (Å²) >= 11 is 7.09. The number of hydrogen-bond acceptors (Lipinski definition) is 4. The minimum atomic E-state index is -0.0833. The van der Waals surface area contributed by atoms with Crippen molar-refractivity contribution in [1.82, 2.24) is 4.98 Å². The lowest BCUT2D eigenvalue weighted by Crippen LogP contribution is -2.33. The zero-order valence-electron chi connectivity index (χ0n) is 10.7. The molecule has 1 aromatic heterocycles. The monoisotopic (exact) mass is 286 g/mol. The van der Waals surface area contributed by atoms with Gasteiger partial charge in [0.1, 0.15) is 5.69 Å². The molecule has 0 spiro atoms. The molecule has 3 nitrogen and oxygen atoms in total. The van der Waals surface area contributed by atoms with E-state index >= 15 is 0 Å². The highest BCUT2D eigenvalue weighted by atomic mass is 35.5. The predicted molar refractivity (Wildman–Crippen MR) is 77.0 cm³/mol. The van der Waals surface area contributed by atoms with Crippen molar-refractivity contribution in [1.29, 1.82) is 0 Å². The predicted octanol–water partition coefficient (Wildman–Crippen LogP) is 3.58. The molecule has 1 aliphatic heterocycles. The van der Waals surface area contributed by atoms with Gasteiger partial charge in [0.05, 0.1) is 5.88 Å². The zero-order chi connectivity index (χ0) is 13.0. The first-order valence-electron chi connectivity index (χ1n) is 6.54. The van der Waals surface area contributed by atoms with Gasteiger partial charge in [0.25, 0.3) is 0 Å². The Morgan fingerprint density at radius 1 is 1.56 bits per heavy atom. The van der Waals surface area contributed by atoms with Crippen LogP contribution in [0.3, 0.4) is 0 Å². The number of halogens is 1. The number of anilines is 1. The molecule has 0 atom stereocenters. The minimum Gasteiger partial charge on any atom is -0.348 e. The van der Waals surface area contributed by atoms with Crippen molar-refractivity contribution in [3.63, 3.8) is 0 Å². The number of thiazole rings is 1. The van der Waals surface area contributed by atoms with Crippen LogP contribution < -0.4 is 4.90 Å². The molecule has 0 N–H and O–H groups in total. The van der Waals surface area contributed by atoms with Crippen LogP contribution in [0.5, 0.6) is 0 Å². The molecule has 2 rings (SSSR count). The van der Waals surface area contributed by atoms with Gasteiger partial charge in [-0.3, -0.25) is 4.79 Å². The molecule has 2 heterocycles. The number of nitrogens with zero attached hydrogens (tertiary/aromatic N) is 2. The first-order valence-corrected chi connectivity index (χ1v) is 7.95. The first kappa shape index (κ1) is 13.8. The van der Waals surface area contributed by atoms with Crippen LogP contribution in [0.4, 0.5) is 5.13 Å². The Kier molecular flexibility index (Phi) is 5.01. The summed E-state index contributed by atoms with van der Waals surface area (Å²) in [6, 6.07) is 0. The standard InChI is InChI=1S/C13H19ClN2OS/c1-2-3-10-4-6-16(7-5-10)13-15-11(9-18-13)12(17)8-14/h9-10H,2-8H2,1H3. The molecule has 1 saturated heterocycles. The molecule has 5 heteroatoms. The number of ketones is 1. The highest BCUT2D eigenvalue weighted by Crippen LogP contribution is 2.28. The van der Waals surface area contributed by atoms with Crippen LogP contribution in [-0.2, 0) is 0 Å². The van der Waals surface area contributed by atoms with Gasteiger partial charge in [-0.15, -0.1) is 22.9 Å². The van der Waals surface area contributed by atoms with Gasteiger partial charge in [-0.25, -0.2) is 4.98 Å². The lowest BCUT2D eigenvalue weighted by molar-refractivity contribution is 0.101. The molecule has 18 heavy (non-hydrogen) atoms. The van der Waals surface area contributed by atoms with Crippen LogP contribution in [0.15, 0.2) is 5.38 Å². The molecule has 0 unspecified atom stereocenters. The lowest BCUT2D eigenvalue weighted by Gasteiger charge is -2.31. The van der Waals surface area contributed by atoms with Crippen molar-refractivity contribution < 1.29 is 4.79 Å². The van der Waals surface area contributed by atoms with Crippen LogP contribution in [0.1, 0.15) is 43.1 Å². The van der Waals surface area contributed by atoms with Crippen molar-refractivity contribution in [3.8, 4) is 0 Å². The number of hydrogen-bond donors (Lipinski definition) is 0. The van der Waals surface area contributed by atoms with Gasteiger partial charge in [-0.05, 0) is 18.8 Å². The molecule has 0 saturated carbocycles. The van der Waals surface area contributed by atoms with Crippen LogP contribution in [0, 0.1) is 5.92 Å². The number of rotatable bonds is 5. The molecule has 1 aromatic rings. The fourth-order valence-corrected chi connectivity index (χ4v) is 3.45. The third kappa shape index (κ3) is 3.23. The number of alkyl halides is 1. The molecular weight excluding hydrogens is 268 g/mol. The summed E-state index contributed by atoms with van der Waals surface area (Å²) in [5.41, 5.74) is 0.515. The first-order chi connectivity index (χ1) is 8.74. The van der Waals surface area contributed by atoms with E-state index in [1.807, 2.05) is 5.38 Å². The number of carbonyl (C=O) groups is 1. The maximum absolute atomic E-state index is 11.4. The number of aromatic nitrogens is 1. The third-order valence-corrected chi connectivity index (χ3v) is 4.63. The summed E-state index contributed by atoms with van der Waals surface area (Å²) in [4.78, 5) is 18.1. The SMILES string of the molecule is CCCC1CCN(c2nc(C(=O)CCl)cs2)CC1. The highest BCUT2D eigenvalue weighted by Gasteiger charge is 2.21. The second kappa shape index (κ2) is 6.53. The lowest BCUT2D eigenvalue weighted by atomic mass is 9.93. The Bertz CT molecular complexity index is 399. The van der Waals surface area contributed by atoms with Crippen molar-refractivity contribution in [3.05, 3.63) is 11.1 Å². The Labute approximate surface area is 117 Å². The second-order valence-corrected chi connectivity index (χ2v) is 5.90. The van der Waals surface area contributed by atoms with Gasteiger partial charge >= 0.3 is 0 Å². The fraction of sp³-hybridized carbons (Fsp3) is 0.692. The summed E-state index contributed by atoms with van der Waals surface area (Å²) in [6.07, 6.45) is 5.09. The number of piperidine rings is 1. The molecule has 0 radical (unpaired) electrons. The maximum Gasteiger partial charge on any atom is 0.196 e. The largest absolute Gasteiger partial charge is 0.348 e. The Morgan fingerprint density at radius 3 is 2.89 bits per heavy atom. The summed E-state index contributed by atoms with van der Waals surface area (Å²) in [5, 5.41) is 2.79. The average molecular weight is 287 g/mol. The molecule has 1 aliphatic rings. The molecule has 100 valence electrons. The number of carbonyl (C=O) groups excluding carboxylic acids is 1. The van der Waals surface area contributed by atoms with Crippen molar-refractivity contribution >= 4 is 33.9 Å². The van der Waals surface area contributed by atoms with Crippen LogP contribution in [0.2, 0.25) is 0 Å². The van der Waals surface area contributed by atoms with E-state index in [9.17, 15) is 4.79 Å². The molecule has 0 amide bonds. The maximum atomic E-state index is 11.4. The van der Waals surface area contributed by atoms with Crippen molar-refractivity contribution in [2.75, 3.05) is 23.9 Å². The molecule has 0 aromatic carbocycles. The van der Waals surface area contributed by atoms with E-state index in [1.165, 1.54) is 25.7 Å². The minimum absolute atomic E-state index is 0.0156.